The van der Waals surface area contributed by atoms with Gasteiger partial charge in [0, 0.05) is 0 Å². The van der Waals surface area contributed by atoms with Crippen LogP contribution >= 0.6 is 11.8 Å². The van der Waals surface area contributed by atoms with E-state index in [9.17, 15) is 24.0 Å². The van der Waals surface area contributed by atoms with Crippen LogP contribution in [0.15, 0.2) is 0 Å². The Kier molecular flexibility index (Phi) is 45.1. The van der Waals surface area contributed by atoms with E-state index in [1.165, 1.54) is 89.9 Å². The summed E-state index contributed by atoms with van der Waals surface area (Å²) in [5.41, 5.74) is 6.07. The van der Waals surface area contributed by atoms with E-state index in [-0.39, 0.29) is 43.4 Å². The molecule has 0 fully saturated rings. The van der Waals surface area contributed by atoms with Crippen LogP contribution in [0, 0.1) is 11.8 Å². The number of carbonyl (C=O) groups excluding carboxylic acids is 5. The highest BCUT2D eigenvalue weighted by atomic mass is 32.2. The van der Waals surface area contributed by atoms with Crippen molar-refractivity contribution >= 4 is 41.5 Å². The molecule has 3 N–H and O–H groups in total. The highest BCUT2D eigenvalue weighted by Gasteiger charge is 2.28. The highest BCUT2D eigenvalue weighted by Crippen LogP contribution is 2.22. The molecular weight excluding hydrogens is 841 g/mol. The van der Waals surface area contributed by atoms with Crippen LogP contribution in [-0.2, 0) is 42.9 Å². The summed E-state index contributed by atoms with van der Waals surface area (Å²) in [6.07, 6.45) is 35.4. The number of hydrogen-bond donors (Lipinski definition) is 2. The van der Waals surface area contributed by atoms with Gasteiger partial charge in [0.15, 0.2) is 0 Å². The molecule has 0 heterocycles. The van der Waals surface area contributed by atoms with E-state index in [1.54, 1.807) is 11.8 Å². The average molecular weight is 941 g/mol. The number of thioether (sulfide) groups is 1. The van der Waals surface area contributed by atoms with E-state index < -0.39 is 29.9 Å². The molecule has 0 saturated heterocycles. The van der Waals surface area contributed by atoms with Crippen LogP contribution in [0.2, 0.25) is 0 Å². The third-order valence-corrected chi connectivity index (χ3v) is 13.0. The molecule has 382 valence electrons. The smallest absolute Gasteiger partial charge is 0.329 e. The topological polar surface area (TPSA) is 160 Å². The molecule has 65 heavy (non-hydrogen) atoms. The zero-order valence-electron chi connectivity index (χ0n) is 42.5. The molecule has 12 heteroatoms. The van der Waals surface area contributed by atoms with Gasteiger partial charge in [0.05, 0.1) is 50.7 Å². The van der Waals surface area contributed by atoms with Crippen molar-refractivity contribution in [3.63, 3.8) is 0 Å². The van der Waals surface area contributed by atoms with Gasteiger partial charge < -0.3 is 30.0 Å². The van der Waals surface area contributed by atoms with Gasteiger partial charge in [-0.25, -0.2) is 4.79 Å². The number of rotatable bonds is 48. The van der Waals surface area contributed by atoms with E-state index in [0.717, 1.165) is 103 Å². The highest BCUT2D eigenvalue weighted by molar-refractivity contribution is 7.98. The Morgan fingerprint density at radius 1 is 0.431 bits per heavy atom. The van der Waals surface area contributed by atoms with E-state index in [0.29, 0.717) is 38.2 Å². The van der Waals surface area contributed by atoms with Crippen LogP contribution in [0.25, 0.3) is 0 Å². The van der Waals surface area contributed by atoms with Crippen molar-refractivity contribution in [2.75, 3.05) is 38.4 Å². The number of hydrogen-bond acceptors (Lipinski definition) is 11. The van der Waals surface area contributed by atoms with Crippen molar-refractivity contribution in [1.29, 1.82) is 0 Å². The fourth-order valence-electron chi connectivity index (χ4n) is 7.97. The lowest BCUT2D eigenvalue weighted by Gasteiger charge is -2.19. The largest absolute Gasteiger partial charge is 0.466 e. The van der Waals surface area contributed by atoms with E-state index >= 15 is 0 Å². The van der Waals surface area contributed by atoms with Gasteiger partial charge in [-0.15, -0.1) is 0 Å². The first-order chi connectivity index (χ1) is 31.6. The Bertz CT molecular complexity index is 1160. The van der Waals surface area contributed by atoms with Gasteiger partial charge >= 0.3 is 23.9 Å². The quantitative estimate of drug-likeness (QED) is 0.0339. The molecule has 4 atom stereocenters. The van der Waals surface area contributed by atoms with Crippen LogP contribution in [0.1, 0.15) is 246 Å². The summed E-state index contributed by atoms with van der Waals surface area (Å²) in [4.78, 5) is 64.7. The third kappa shape index (κ3) is 38.3. The van der Waals surface area contributed by atoms with Gasteiger partial charge in [-0.1, -0.05) is 156 Å². The lowest BCUT2D eigenvalue weighted by Crippen LogP contribution is -2.50. The number of carbonyl (C=O) groups is 5. The molecule has 0 aliphatic carbocycles. The summed E-state index contributed by atoms with van der Waals surface area (Å²) in [5.74, 6) is -1.26. The van der Waals surface area contributed by atoms with Crippen LogP contribution in [-0.4, -0.2) is 80.3 Å². The van der Waals surface area contributed by atoms with Crippen molar-refractivity contribution in [2.24, 2.45) is 17.6 Å². The predicted octanol–water partition coefficient (Wildman–Crippen LogP) is 12.9. The first-order valence-corrected chi connectivity index (χ1v) is 28.2. The van der Waals surface area contributed by atoms with Gasteiger partial charge in [-0.3, -0.25) is 19.2 Å². The normalized spacial score (nSPS) is 13.1. The second-order valence-electron chi connectivity index (χ2n) is 18.4. The molecule has 0 saturated carbocycles. The van der Waals surface area contributed by atoms with E-state index in [2.05, 4.69) is 33.0 Å². The SMILES string of the molecule is CCCCCCCCC(CCCCCC)C(=O)OCCCCCCOC(=O)CC(NC(=O)C(N)CCSC)C(=O)OCCCCCCOC(=O)C(CCCCCC)CCCCCCCC. The second kappa shape index (κ2) is 46.8. The maximum atomic E-state index is 13.1. The molecule has 1 amide bonds. The molecule has 0 radical (unpaired) electrons. The first-order valence-electron chi connectivity index (χ1n) is 26.8. The maximum absolute atomic E-state index is 13.1. The van der Waals surface area contributed by atoms with Gasteiger partial charge in [-0.2, -0.15) is 11.8 Å². The Balaban J connectivity index is 4.71. The molecule has 0 aromatic carbocycles. The van der Waals surface area contributed by atoms with Crippen LogP contribution < -0.4 is 11.1 Å². The molecule has 0 spiro atoms. The van der Waals surface area contributed by atoms with Crippen LogP contribution in [0.5, 0.6) is 0 Å². The fraction of sp³-hybridized carbons (Fsp3) is 0.906. The third-order valence-electron chi connectivity index (χ3n) is 12.3. The van der Waals surface area contributed by atoms with Crippen molar-refractivity contribution in [1.82, 2.24) is 5.32 Å². The summed E-state index contributed by atoms with van der Waals surface area (Å²) in [7, 11) is 0. The summed E-state index contributed by atoms with van der Waals surface area (Å²) in [6, 6.07) is -2.02. The summed E-state index contributed by atoms with van der Waals surface area (Å²) >= 11 is 1.57. The van der Waals surface area contributed by atoms with Crippen molar-refractivity contribution < 1.29 is 42.9 Å². The number of unbranched alkanes of at least 4 members (excludes halogenated alkanes) is 22. The van der Waals surface area contributed by atoms with Gasteiger partial charge in [0.2, 0.25) is 5.91 Å². The maximum Gasteiger partial charge on any atom is 0.329 e. The number of nitrogens with two attached hydrogens (primary N) is 1. The molecule has 0 aliphatic heterocycles. The molecule has 0 aromatic heterocycles. The standard InChI is InChI=1S/C53H100N2O9S/c1-6-10-14-18-20-28-36-45(34-26-16-12-8-3)51(58)62-40-31-23-22-30-39-61-49(56)44-48(55-50(57)47(54)38-43-65-5)53(60)64-42-33-25-24-32-41-63-52(59)46(35-27-17-13-9-4)37-29-21-19-15-11-7-2/h45-48H,6-44,54H2,1-5H3,(H,55,57). The second-order valence-corrected chi connectivity index (χ2v) is 19.4. The van der Waals surface area contributed by atoms with E-state index in [4.69, 9.17) is 24.7 Å². The number of amides is 1. The summed E-state index contributed by atoms with van der Waals surface area (Å²) < 4.78 is 22.4. The molecule has 0 rings (SSSR count). The molecule has 11 nitrogen and oxygen atoms in total. The van der Waals surface area contributed by atoms with Gasteiger partial charge in [0.25, 0.3) is 0 Å². The lowest BCUT2D eigenvalue weighted by molar-refractivity contribution is -0.154. The zero-order valence-corrected chi connectivity index (χ0v) is 43.4. The summed E-state index contributed by atoms with van der Waals surface area (Å²) in [5, 5.41) is 2.63. The fourth-order valence-corrected chi connectivity index (χ4v) is 8.46. The molecule has 0 aromatic rings. The minimum atomic E-state index is -1.20. The number of ether oxygens (including phenoxy) is 4. The lowest BCUT2D eigenvalue weighted by atomic mass is 9.94. The Labute approximate surface area is 402 Å². The van der Waals surface area contributed by atoms with Gasteiger partial charge in [-0.05, 0) is 95.5 Å². The molecule has 0 bridgehead atoms. The van der Waals surface area contributed by atoms with Crippen molar-refractivity contribution in [3.8, 4) is 0 Å². The molecule has 0 aliphatic rings. The minimum absolute atomic E-state index is 0.00817. The summed E-state index contributed by atoms with van der Waals surface area (Å²) in [6.45, 7) is 9.97. The van der Waals surface area contributed by atoms with Gasteiger partial charge in [0.1, 0.15) is 6.04 Å². The Hall–Kier alpha value is -2.34. The minimum Gasteiger partial charge on any atom is -0.466 e. The van der Waals surface area contributed by atoms with E-state index in [1.807, 2.05) is 6.26 Å². The van der Waals surface area contributed by atoms with Crippen LogP contribution in [0.3, 0.4) is 0 Å². The Morgan fingerprint density at radius 3 is 1.14 bits per heavy atom. The molecule has 4 unspecified atom stereocenters. The predicted molar refractivity (Wildman–Crippen MR) is 269 cm³/mol. The number of esters is 4. The number of nitrogens with one attached hydrogen (secondary N) is 1. The van der Waals surface area contributed by atoms with Crippen molar-refractivity contribution in [2.45, 2.75) is 258 Å². The zero-order chi connectivity index (χ0) is 48.0. The Morgan fingerprint density at radius 2 is 0.754 bits per heavy atom. The average Bonchev–Trinajstić information content (AvgIpc) is 3.30. The first kappa shape index (κ1) is 62.7. The van der Waals surface area contributed by atoms with Crippen LogP contribution in [0.4, 0.5) is 0 Å². The van der Waals surface area contributed by atoms with Crippen molar-refractivity contribution in [3.05, 3.63) is 0 Å². The monoisotopic (exact) mass is 941 g/mol. The molecular formula is C53H100N2O9S.